The summed E-state index contributed by atoms with van der Waals surface area (Å²) in [7, 11) is 2.92. The Hall–Kier alpha value is -1.82. The van der Waals surface area contributed by atoms with Crippen molar-refractivity contribution in [3.8, 4) is 5.88 Å². The molecule has 0 spiro atoms. The normalized spacial score (nSPS) is 12.0. The molecule has 0 N–H and O–H groups in total. The Balaban J connectivity index is 2.80. The molecular formula is C15H21ClN2O4. The molecule has 1 aromatic heterocycles. The average molecular weight is 329 g/mol. The Kier molecular flexibility index (Phi) is 6.61. The highest BCUT2D eigenvalue weighted by Crippen LogP contribution is 2.24. The predicted octanol–water partition coefficient (Wildman–Crippen LogP) is 2.40. The molecule has 6 nitrogen and oxygen atoms in total. The Morgan fingerprint density at radius 2 is 2.00 bits per heavy atom. The van der Waals surface area contributed by atoms with E-state index in [9.17, 15) is 9.59 Å². The second-order valence-corrected chi connectivity index (χ2v) is 5.69. The molecule has 0 aliphatic heterocycles. The minimum Gasteiger partial charge on any atom is -0.474 e. The molecule has 0 radical (unpaired) electrons. The summed E-state index contributed by atoms with van der Waals surface area (Å²) in [6.45, 7) is 5.66. The highest BCUT2D eigenvalue weighted by molar-refractivity contribution is 6.32. The van der Waals surface area contributed by atoms with Crippen LogP contribution in [0.4, 0.5) is 0 Å². The van der Waals surface area contributed by atoms with Crippen LogP contribution in [0.5, 0.6) is 5.88 Å². The highest BCUT2D eigenvalue weighted by atomic mass is 35.5. The number of carbonyl (C=O) groups is 2. The number of amides is 1. The standard InChI is InChI=1S/C15H21ClN2O4/c1-9(2)22-13-12(16)6-11(7-17-13)14(19)18(4)8-10(3)15(20)21-5/h6-7,9-10H,8H2,1-5H3. The van der Waals surface area contributed by atoms with Gasteiger partial charge in [0.2, 0.25) is 5.88 Å². The van der Waals surface area contributed by atoms with Crippen LogP contribution in [0.3, 0.4) is 0 Å². The summed E-state index contributed by atoms with van der Waals surface area (Å²) in [6, 6.07) is 1.51. The number of pyridine rings is 1. The van der Waals surface area contributed by atoms with E-state index in [4.69, 9.17) is 16.3 Å². The Morgan fingerprint density at radius 1 is 1.36 bits per heavy atom. The molecule has 0 saturated carbocycles. The lowest BCUT2D eigenvalue weighted by molar-refractivity contribution is -0.145. The third kappa shape index (κ3) is 4.87. The summed E-state index contributed by atoms with van der Waals surface area (Å²) >= 11 is 6.07. The number of ether oxygens (including phenoxy) is 2. The zero-order valence-electron chi connectivity index (χ0n) is 13.4. The zero-order valence-corrected chi connectivity index (χ0v) is 14.2. The van der Waals surface area contributed by atoms with Gasteiger partial charge in [-0.2, -0.15) is 0 Å². The van der Waals surface area contributed by atoms with Crippen LogP contribution in [0, 0.1) is 5.92 Å². The van der Waals surface area contributed by atoms with Crippen molar-refractivity contribution in [1.82, 2.24) is 9.88 Å². The van der Waals surface area contributed by atoms with Crippen LogP contribution in [-0.2, 0) is 9.53 Å². The van der Waals surface area contributed by atoms with Crippen LogP contribution in [0.1, 0.15) is 31.1 Å². The molecule has 1 heterocycles. The van der Waals surface area contributed by atoms with Crippen molar-refractivity contribution in [2.45, 2.75) is 26.9 Å². The van der Waals surface area contributed by atoms with Gasteiger partial charge in [-0.05, 0) is 19.9 Å². The smallest absolute Gasteiger partial charge is 0.310 e. The molecule has 0 aliphatic rings. The third-order valence-corrected chi connectivity index (χ3v) is 3.17. The summed E-state index contributed by atoms with van der Waals surface area (Å²) in [5.74, 6) is -0.762. The van der Waals surface area contributed by atoms with Crippen LogP contribution in [0.15, 0.2) is 12.3 Å². The van der Waals surface area contributed by atoms with Crippen LogP contribution in [0.25, 0.3) is 0 Å². The minimum atomic E-state index is -0.411. The van der Waals surface area contributed by atoms with Gasteiger partial charge in [0.25, 0.3) is 5.91 Å². The first-order chi connectivity index (χ1) is 10.3. The Bertz CT molecular complexity index is 548. The summed E-state index contributed by atoms with van der Waals surface area (Å²) in [5, 5.41) is 0.272. The first-order valence-corrected chi connectivity index (χ1v) is 7.29. The van der Waals surface area contributed by atoms with Gasteiger partial charge in [-0.25, -0.2) is 4.98 Å². The van der Waals surface area contributed by atoms with Gasteiger partial charge in [0, 0.05) is 19.8 Å². The lowest BCUT2D eigenvalue weighted by atomic mass is 10.1. The number of carbonyl (C=O) groups excluding carboxylic acids is 2. The first kappa shape index (κ1) is 18.2. The molecule has 0 bridgehead atoms. The quantitative estimate of drug-likeness (QED) is 0.750. The molecule has 1 unspecified atom stereocenters. The Labute approximate surface area is 135 Å². The van der Waals surface area contributed by atoms with E-state index in [1.54, 1.807) is 14.0 Å². The van der Waals surface area contributed by atoms with Crippen LogP contribution in [0.2, 0.25) is 5.02 Å². The van der Waals surface area contributed by atoms with Gasteiger partial charge in [0.05, 0.1) is 24.7 Å². The summed E-state index contributed by atoms with van der Waals surface area (Å²) < 4.78 is 10.1. The van der Waals surface area contributed by atoms with Gasteiger partial charge in [-0.15, -0.1) is 0 Å². The van der Waals surface area contributed by atoms with Crippen molar-refractivity contribution in [1.29, 1.82) is 0 Å². The molecule has 1 aromatic rings. The highest BCUT2D eigenvalue weighted by Gasteiger charge is 2.20. The molecule has 122 valence electrons. The van der Waals surface area contributed by atoms with E-state index < -0.39 is 5.92 Å². The van der Waals surface area contributed by atoms with Crippen LogP contribution >= 0.6 is 11.6 Å². The van der Waals surface area contributed by atoms with E-state index in [0.29, 0.717) is 11.4 Å². The van der Waals surface area contributed by atoms with Gasteiger partial charge in [0.1, 0.15) is 5.02 Å². The minimum absolute atomic E-state index is 0.0601. The molecule has 0 aromatic carbocycles. The summed E-state index contributed by atoms with van der Waals surface area (Å²) in [6.07, 6.45) is 1.35. The molecule has 1 rings (SSSR count). The lowest BCUT2D eigenvalue weighted by Crippen LogP contribution is -2.34. The maximum absolute atomic E-state index is 12.3. The molecule has 7 heteroatoms. The van der Waals surface area contributed by atoms with E-state index in [1.807, 2.05) is 13.8 Å². The van der Waals surface area contributed by atoms with E-state index in [1.165, 1.54) is 24.3 Å². The van der Waals surface area contributed by atoms with E-state index in [2.05, 4.69) is 9.72 Å². The van der Waals surface area contributed by atoms with E-state index in [-0.39, 0.29) is 29.5 Å². The number of rotatable bonds is 6. The second kappa shape index (κ2) is 7.98. The van der Waals surface area contributed by atoms with Crippen molar-refractivity contribution in [2.24, 2.45) is 5.92 Å². The number of nitrogens with zero attached hydrogens (tertiary/aromatic N) is 2. The second-order valence-electron chi connectivity index (χ2n) is 5.29. The maximum atomic E-state index is 12.3. The fourth-order valence-electron chi connectivity index (χ4n) is 1.84. The molecule has 1 atom stereocenters. The maximum Gasteiger partial charge on any atom is 0.310 e. The number of hydrogen-bond donors (Lipinski definition) is 0. The number of methoxy groups -OCH3 is 1. The SMILES string of the molecule is COC(=O)C(C)CN(C)C(=O)c1cnc(OC(C)C)c(Cl)c1. The first-order valence-electron chi connectivity index (χ1n) is 6.91. The number of hydrogen-bond acceptors (Lipinski definition) is 5. The lowest BCUT2D eigenvalue weighted by Gasteiger charge is -2.20. The number of aromatic nitrogens is 1. The molecule has 22 heavy (non-hydrogen) atoms. The van der Waals surface area contributed by atoms with Gasteiger partial charge >= 0.3 is 5.97 Å². The topological polar surface area (TPSA) is 68.7 Å². The molecule has 0 aliphatic carbocycles. The summed E-state index contributed by atoms with van der Waals surface area (Å²) in [4.78, 5) is 29.2. The summed E-state index contributed by atoms with van der Waals surface area (Å²) in [5.41, 5.74) is 0.334. The van der Waals surface area contributed by atoms with E-state index in [0.717, 1.165) is 0 Å². The third-order valence-electron chi connectivity index (χ3n) is 2.90. The van der Waals surface area contributed by atoms with Crippen LogP contribution < -0.4 is 4.74 Å². The van der Waals surface area contributed by atoms with Gasteiger partial charge < -0.3 is 14.4 Å². The fraction of sp³-hybridized carbons (Fsp3) is 0.533. The van der Waals surface area contributed by atoms with Crippen LogP contribution in [-0.4, -0.2) is 48.6 Å². The molecule has 0 fully saturated rings. The van der Waals surface area contributed by atoms with Gasteiger partial charge in [-0.3, -0.25) is 9.59 Å². The number of halogens is 1. The fourth-order valence-corrected chi connectivity index (χ4v) is 2.05. The van der Waals surface area contributed by atoms with Crippen molar-refractivity contribution >= 4 is 23.5 Å². The average Bonchev–Trinajstić information content (AvgIpc) is 2.47. The van der Waals surface area contributed by atoms with Gasteiger partial charge in [-0.1, -0.05) is 18.5 Å². The monoisotopic (exact) mass is 328 g/mol. The van der Waals surface area contributed by atoms with Crippen molar-refractivity contribution in [2.75, 3.05) is 20.7 Å². The molecule has 0 saturated heterocycles. The number of esters is 1. The van der Waals surface area contributed by atoms with Crippen molar-refractivity contribution in [3.63, 3.8) is 0 Å². The largest absolute Gasteiger partial charge is 0.474 e. The van der Waals surface area contributed by atoms with Crippen molar-refractivity contribution in [3.05, 3.63) is 22.8 Å². The predicted molar refractivity (Wildman–Crippen MR) is 83.2 cm³/mol. The van der Waals surface area contributed by atoms with Crippen molar-refractivity contribution < 1.29 is 19.1 Å². The van der Waals surface area contributed by atoms with Gasteiger partial charge in [0.15, 0.2) is 0 Å². The molecule has 1 amide bonds. The molecular weight excluding hydrogens is 308 g/mol. The Morgan fingerprint density at radius 3 is 2.50 bits per heavy atom. The van der Waals surface area contributed by atoms with E-state index >= 15 is 0 Å². The zero-order chi connectivity index (χ0) is 16.9.